The van der Waals surface area contributed by atoms with Gasteiger partial charge in [-0.05, 0) is 51.4 Å². The molecule has 3 N–H and O–H groups in total. The number of hydrogen-bond donors (Lipinski definition) is 3. The van der Waals surface area contributed by atoms with Crippen LogP contribution < -0.4 is 5.32 Å². The smallest absolute Gasteiger partial charge is 0.305 e. The first kappa shape index (κ1) is 80.6. The molecular weight excluding hydrogens is 1010 g/mol. The van der Waals surface area contributed by atoms with Crippen molar-refractivity contribution in [2.75, 3.05) is 13.2 Å². The molecule has 0 saturated carbocycles. The van der Waals surface area contributed by atoms with E-state index in [0.29, 0.717) is 25.9 Å². The number of esters is 1. The molecular formula is C76H149NO5. The predicted octanol–water partition coefficient (Wildman–Crippen LogP) is 24.7. The Morgan fingerprint density at radius 3 is 0.866 bits per heavy atom. The molecule has 0 aromatic heterocycles. The molecule has 0 fully saturated rings. The van der Waals surface area contributed by atoms with Gasteiger partial charge in [0.1, 0.15) is 0 Å². The molecule has 0 bridgehead atoms. The summed E-state index contributed by atoms with van der Waals surface area (Å²) in [6.07, 6.45) is 89.9. The Hall–Kier alpha value is -1.40. The largest absolute Gasteiger partial charge is 0.466 e. The van der Waals surface area contributed by atoms with E-state index in [1.54, 1.807) is 0 Å². The lowest BCUT2D eigenvalue weighted by molar-refractivity contribution is -0.143. The summed E-state index contributed by atoms with van der Waals surface area (Å²) < 4.78 is 5.50. The number of aliphatic hydroxyl groups is 2. The molecule has 0 heterocycles. The number of unbranched alkanes of at least 4 members (excludes halogenated alkanes) is 59. The molecule has 0 aliphatic carbocycles. The molecule has 0 rings (SSSR count). The number of carbonyl (C=O) groups excluding carboxylic acids is 2. The Morgan fingerprint density at radius 1 is 0.329 bits per heavy atom. The van der Waals surface area contributed by atoms with E-state index in [0.717, 1.165) is 38.5 Å². The highest BCUT2D eigenvalue weighted by Gasteiger charge is 2.20. The molecule has 6 heteroatoms. The fourth-order valence-electron chi connectivity index (χ4n) is 12.3. The number of nitrogens with one attached hydrogen (secondary N) is 1. The van der Waals surface area contributed by atoms with Crippen molar-refractivity contribution in [2.24, 2.45) is 0 Å². The third-order valence-corrected chi connectivity index (χ3v) is 18.1. The van der Waals surface area contributed by atoms with Crippen LogP contribution in [0.5, 0.6) is 0 Å². The van der Waals surface area contributed by atoms with Crippen LogP contribution in [-0.4, -0.2) is 47.4 Å². The predicted molar refractivity (Wildman–Crippen MR) is 361 cm³/mol. The maximum atomic E-state index is 12.6. The number of allylic oxidation sites excluding steroid dienone is 2. The van der Waals surface area contributed by atoms with Crippen LogP contribution in [0.3, 0.4) is 0 Å². The SMILES string of the molecule is CCCCCCCCCCCCCCCCCCCCCCCCCCCC(O)C(CO)NC(=O)CCCCCCCCCCCC/C=C\CCCCCCCCCCCCCCOC(=O)CCCCCCCCCCCCCCCC. The lowest BCUT2D eigenvalue weighted by Crippen LogP contribution is -2.45. The molecule has 0 saturated heterocycles. The molecule has 6 nitrogen and oxygen atoms in total. The third-order valence-electron chi connectivity index (χ3n) is 18.1. The summed E-state index contributed by atoms with van der Waals surface area (Å²) in [7, 11) is 0. The van der Waals surface area contributed by atoms with E-state index < -0.39 is 12.1 Å². The van der Waals surface area contributed by atoms with Gasteiger partial charge in [-0.3, -0.25) is 9.59 Å². The van der Waals surface area contributed by atoms with Gasteiger partial charge in [-0.1, -0.05) is 386 Å². The third kappa shape index (κ3) is 67.7. The topological polar surface area (TPSA) is 95.9 Å². The second-order valence-electron chi connectivity index (χ2n) is 26.3. The van der Waals surface area contributed by atoms with Gasteiger partial charge >= 0.3 is 5.97 Å². The normalized spacial score (nSPS) is 12.5. The van der Waals surface area contributed by atoms with Gasteiger partial charge in [-0.2, -0.15) is 0 Å². The van der Waals surface area contributed by atoms with E-state index in [4.69, 9.17) is 4.74 Å². The van der Waals surface area contributed by atoms with Gasteiger partial charge in [-0.15, -0.1) is 0 Å². The Kier molecular flexibility index (Phi) is 70.8. The molecule has 2 atom stereocenters. The highest BCUT2D eigenvalue weighted by Crippen LogP contribution is 2.20. The summed E-state index contributed by atoms with van der Waals surface area (Å²) in [6, 6.07) is -0.544. The number of hydrogen-bond acceptors (Lipinski definition) is 5. The van der Waals surface area contributed by atoms with Crippen LogP contribution in [0.4, 0.5) is 0 Å². The lowest BCUT2D eigenvalue weighted by Gasteiger charge is -2.22. The maximum absolute atomic E-state index is 12.6. The van der Waals surface area contributed by atoms with Crippen molar-refractivity contribution in [2.45, 2.75) is 450 Å². The van der Waals surface area contributed by atoms with E-state index in [2.05, 4.69) is 31.3 Å². The van der Waals surface area contributed by atoms with Crippen LogP contribution in [0, 0.1) is 0 Å². The maximum Gasteiger partial charge on any atom is 0.305 e. The minimum absolute atomic E-state index is 0.0180. The number of amides is 1. The summed E-state index contributed by atoms with van der Waals surface area (Å²) in [6.45, 7) is 5.01. The van der Waals surface area contributed by atoms with Crippen molar-refractivity contribution >= 4 is 11.9 Å². The van der Waals surface area contributed by atoms with E-state index in [1.165, 1.54) is 366 Å². The molecule has 0 spiro atoms. The summed E-state index contributed by atoms with van der Waals surface area (Å²) in [5, 5.41) is 23.5. The minimum atomic E-state index is -0.667. The van der Waals surface area contributed by atoms with Crippen molar-refractivity contribution in [3.63, 3.8) is 0 Å². The second-order valence-corrected chi connectivity index (χ2v) is 26.3. The zero-order valence-electron chi connectivity index (χ0n) is 56.0. The van der Waals surface area contributed by atoms with Crippen molar-refractivity contribution in [3.8, 4) is 0 Å². The first-order valence-electron chi connectivity index (χ1n) is 37.9. The number of ether oxygens (including phenoxy) is 1. The standard InChI is InChI=1S/C76H149NO5/c1-3-5-7-9-11-13-15-17-19-20-21-22-23-26-29-32-35-38-41-44-48-52-56-60-64-68-74(79)73(72-78)77-75(80)69-65-61-57-53-49-45-42-39-36-33-30-27-24-25-28-31-34-37-40-43-47-51-55-59-63-67-71-82-76(81)70-66-62-58-54-50-46-18-16-14-12-10-8-6-4-2/h24,27,73-74,78-79H,3-23,25-26,28-72H2,1-2H3,(H,77,80)/b27-24-. The van der Waals surface area contributed by atoms with E-state index in [9.17, 15) is 19.8 Å². The van der Waals surface area contributed by atoms with Crippen LogP contribution in [0.15, 0.2) is 12.2 Å². The quantitative estimate of drug-likeness (QED) is 0.0320. The van der Waals surface area contributed by atoms with Crippen molar-refractivity contribution in [1.29, 1.82) is 0 Å². The van der Waals surface area contributed by atoms with Gasteiger partial charge in [0.15, 0.2) is 0 Å². The summed E-state index contributed by atoms with van der Waals surface area (Å²) in [5.74, 6) is -0.0130. The molecule has 0 aliphatic rings. The highest BCUT2D eigenvalue weighted by molar-refractivity contribution is 5.76. The Balaban J connectivity index is 3.38. The lowest BCUT2D eigenvalue weighted by atomic mass is 10.0. The molecule has 82 heavy (non-hydrogen) atoms. The molecule has 0 aromatic rings. The average molecular weight is 1160 g/mol. The van der Waals surface area contributed by atoms with Crippen LogP contribution in [0.25, 0.3) is 0 Å². The van der Waals surface area contributed by atoms with E-state index in [-0.39, 0.29) is 18.5 Å². The molecule has 488 valence electrons. The first-order valence-corrected chi connectivity index (χ1v) is 37.9. The zero-order valence-corrected chi connectivity index (χ0v) is 56.0. The van der Waals surface area contributed by atoms with E-state index in [1.807, 2.05) is 0 Å². The number of aliphatic hydroxyl groups excluding tert-OH is 2. The Bertz CT molecular complexity index is 1240. The van der Waals surface area contributed by atoms with Crippen LogP contribution >= 0.6 is 0 Å². The molecule has 0 aromatic carbocycles. The van der Waals surface area contributed by atoms with Crippen LogP contribution in [0.1, 0.15) is 438 Å². The van der Waals surface area contributed by atoms with Crippen LogP contribution in [0.2, 0.25) is 0 Å². The second kappa shape index (κ2) is 72.1. The molecule has 0 radical (unpaired) electrons. The molecule has 2 unspecified atom stereocenters. The van der Waals surface area contributed by atoms with Gasteiger partial charge in [0.05, 0.1) is 25.4 Å². The number of carbonyl (C=O) groups is 2. The monoisotopic (exact) mass is 1160 g/mol. The number of rotatable bonds is 72. The van der Waals surface area contributed by atoms with Gasteiger partial charge in [0.25, 0.3) is 0 Å². The van der Waals surface area contributed by atoms with Gasteiger partial charge in [0, 0.05) is 12.8 Å². The van der Waals surface area contributed by atoms with Crippen molar-refractivity contribution in [1.82, 2.24) is 5.32 Å². The zero-order chi connectivity index (χ0) is 59.2. The van der Waals surface area contributed by atoms with Gasteiger partial charge in [-0.25, -0.2) is 0 Å². The Labute approximate surface area is 514 Å². The summed E-state index contributed by atoms with van der Waals surface area (Å²) in [5.41, 5.74) is 0. The van der Waals surface area contributed by atoms with E-state index >= 15 is 0 Å². The van der Waals surface area contributed by atoms with Gasteiger partial charge in [0.2, 0.25) is 5.91 Å². The molecule has 0 aliphatic heterocycles. The highest BCUT2D eigenvalue weighted by atomic mass is 16.5. The molecule has 1 amide bonds. The summed E-state index contributed by atoms with van der Waals surface area (Å²) >= 11 is 0. The average Bonchev–Trinajstić information content (AvgIpc) is 3.48. The fraction of sp³-hybridized carbons (Fsp3) is 0.947. The van der Waals surface area contributed by atoms with Crippen LogP contribution in [-0.2, 0) is 14.3 Å². The van der Waals surface area contributed by atoms with Crippen molar-refractivity contribution < 1.29 is 24.5 Å². The minimum Gasteiger partial charge on any atom is -0.466 e. The Morgan fingerprint density at radius 2 is 0.573 bits per heavy atom. The van der Waals surface area contributed by atoms with Crippen molar-refractivity contribution in [3.05, 3.63) is 12.2 Å². The first-order chi connectivity index (χ1) is 40.5. The van der Waals surface area contributed by atoms with Gasteiger partial charge < -0.3 is 20.3 Å². The fourth-order valence-corrected chi connectivity index (χ4v) is 12.3. The summed E-state index contributed by atoms with van der Waals surface area (Å²) in [4.78, 5) is 24.6.